The van der Waals surface area contributed by atoms with Crippen LogP contribution >= 0.6 is 0 Å². The summed E-state index contributed by atoms with van der Waals surface area (Å²) < 4.78 is 30.0. The van der Waals surface area contributed by atoms with Gasteiger partial charge in [0.1, 0.15) is 0 Å². The third kappa shape index (κ3) is 45.3. The summed E-state index contributed by atoms with van der Waals surface area (Å²) in [5.74, 6) is 0. The fraction of sp³-hybridized carbons (Fsp3) is 0.700. The van der Waals surface area contributed by atoms with E-state index in [-0.39, 0.29) is 34.1 Å². The molecule has 4 nitrogen and oxygen atoms in total. The fourth-order valence-electron chi connectivity index (χ4n) is 1.77. The molecule has 2 aliphatic rings. The van der Waals surface area contributed by atoms with Gasteiger partial charge in [0.15, 0.2) is 0 Å². The molecule has 0 aliphatic heterocycles. The summed E-state index contributed by atoms with van der Waals surface area (Å²) in [5.41, 5.74) is 0. The van der Waals surface area contributed by atoms with Gasteiger partial charge in [0, 0.05) is 0 Å². The minimum Gasteiger partial charge on any atom is -0.346 e. The van der Waals surface area contributed by atoms with Gasteiger partial charge in [0.25, 0.3) is 0 Å². The molecular formula is C20H36Fe2O4Si2+2. The van der Waals surface area contributed by atoms with E-state index in [1.165, 1.54) is 64.2 Å². The van der Waals surface area contributed by atoms with Gasteiger partial charge in [0.2, 0.25) is 0 Å². The summed E-state index contributed by atoms with van der Waals surface area (Å²) in [4.78, 5) is 0. The van der Waals surface area contributed by atoms with Crippen LogP contribution in [0.15, 0.2) is 0 Å². The van der Waals surface area contributed by atoms with Crippen LogP contribution in [0.5, 0.6) is 0 Å². The van der Waals surface area contributed by atoms with Crippen molar-refractivity contribution in [2.75, 3.05) is 0 Å². The van der Waals surface area contributed by atoms with E-state index in [0.717, 1.165) is 0 Å². The average molecular weight is 508 g/mol. The van der Waals surface area contributed by atoms with E-state index in [2.05, 4.69) is 65.9 Å². The summed E-state index contributed by atoms with van der Waals surface area (Å²) in [6, 6.07) is 0. The maximum atomic E-state index is 7.50. The standard InChI is InChI=1S/C6H16Si2.2C5H10.4CO.2Fe/c1-7(2,3)8(4,5)6;2*1-2-4-5-3-1;4*1-2;;/h1,4H2,2-3,5-6H3;2*1-5H2;;;;;;/q-2;;;;;;;2*+2. The number of hydrogen-bond donors (Lipinski definition) is 0. The molecule has 28 heavy (non-hydrogen) atoms. The molecule has 0 aromatic carbocycles. The Morgan fingerprint density at radius 1 is 0.429 bits per heavy atom. The van der Waals surface area contributed by atoms with E-state index in [9.17, 15) is 0 Å². The van der Waals surface area contributed by atoms with Crippen LogP contribution in [0, 0.1) is 39.7 Å². The third-order valence-corrected chi connectivity index (χ3v) is 19.0. The van der Waals surface area contributed by atoms with Crippen molar-refractivity contribution in [3.63, 3.8) is 0 Å². The summed E-state index contributed by atoms with van der Waals surface area (Å²) in [6.45, 7) is 35.6. The van der Waals surface area contributed by atoms with Gasteiger partial charge < -0.3 is 13.1 Å². The molecule has 0 bridgehead atoms. The van der Waals surface area contributed by atoms with Crippen molar-refractivity contribution in [2.24, 2.45) is 0 Å². The second-order valence-electron chi connectivity index (χ2n) is 7.30. The summed E-state index contributed by atoms with van der Waals surface area (Å²) in [5, 5.41) is 0. The predicted molar refractivity (Wildman–Crippen MR) is 108 cm³/mol. The molecule has 2 aliphatic carbocycles. The van der Waals surface area contributed by atoms with E-state index < -0.39 is 15.2 Å². The van der Waals surface area contributed by atoms with Crippen LogP contribution in [0.25, 0.3) is 0 Å². The van der Waals surface area contributed by atoms with Gasteiger partial charge >= 0.3 is 79.3 Å². The predicted octanol–water partition coefficient (Wildman–Crippen LogP) is 5.97. The molecule has 0 N–H and O–H groups in total. The SMILES string of the molecule is C1CCCC1.C1CCCC1.[C-]#[O+].[C-]#[O+].[C-]#[O+].[C-]#[O+].[CH2-][Si](C)(C)[Si]([CH2-])(C)C.[Fe+2].[Fe+2]. The molecule has 2 rings (SSSR count). The first-order valence-corrected chi connectivity index (χ1v) is 16.2. The van der Waals surface area contributed by atoms with Gasteiger partial charge in [-0.3, -0.25) is 0 Å². The van der Waals surface area contributed by atoms with E-state index in [0.29, 0.717) is 0 Å². The molecule has 8 heteroatoms. The topological polar surface area (TPSA) is 79.6 Å². The van der Waals surface area contributed by atoms with Crippen molar-refractivity contribution < 1.29 is 52.7 Å². The molecular weight excluding hydrogens is 472 g/mol. The van der Waals surface area contributed by atoms with Crippen molar-refractivity contribution in [3.05, 3.63) is 39.7 Å². The van der Waals surface area contributed by atoms with E-state index in [4.69, 9.17) is 18.6 Å². The Hall–Kier alpha value is 0.433. The van der Waals surface area contributed by atoms with Gasteiger partial charge in [-0.2, -0.15) is 0 Å². The van der Waals surface area contributed by atoms with Gasteiger partial charge in [-0.1, -0.05) is 90.4 Å². The van der Waals surface area contributed by atoms with Crippen LogP contribution in [0.4, 0.5) is 0 Å². The molecule has 2 saturated carbocycles. The summed E-state index contributed by atoms with van der Waals surface area (Å²) in [7, 11) is -2.16. The van der Waals surface area contributed by atoms with E-state index in [1.807, 2.05) is 0 Å². The minimum atomic E-state index is -1.08. The van der Waals surface area contributed by atoms with Crippen LogP contribution in [0.1, 0.15) is 64.2 Å². The van der Waals surface area contributed by atoms with Crippen LogP contribution in [0.2, 0.25) is 26.2 Å². The van der Waals surface area contributed by atoms with Gasteiger partial charge in [-0.15, -0.1) is 15.2 Å². The summed E-state index contributed by atoms with van der Waals surface area (Å²) >= 11 is 0. The largest absolute Gasteiger partial charge is 2.00 e. The monoisotopic (exact) mass is 508 g/mol. The van der Waals surface area contributed by atoms with Crippen LogP contribution in [-0.4, -0.2) is 15.2 Å². The van der Waals surface area contributed by atoms with Crippen molar-refractivity contribution in [3.8, 4) is 0 Å². The Morgan fingerprint density at radius 2 is 0.500 bits per heavy atom. The van der Waals surface area contributed by atoms with Crippen LogP contribution in [-0.2, 0) is 52.7 Å². The number of rotatable bonds is 1. The Balaban J connectivity index is -0.0000000394. The first-order chi connectivity index (χ1) is 12.2. The second kappa shape index (κ2) is 38.1. The van der Waals surface area contributed by atoms with Gasteiger partial charge in [-0.25, -0.2) is 0 Å². The van der Waals surface area contributed by atoms with Crippen molar-refractivity contribution in [1.82, 2.24) is 0 Å². The Morgan fingerprint density at radius 3 is 0.536 bits per heavy atom. The Bertz CT molecular complexity index is 275. The molecule has 0 amide bonds. The molecule has 162 valence electrons. The molecule has 0 aromatic heterocycles. The third-order valence-electron chi connectivity index (χ3n) is 4.33. The zero-order chi connectivity index (χ0) is 22.1. The van der Waals surface area contributed by atoms with E-state index in [1.54, 1.807) is 0 Å². The zero-order valence-corrected chi connectivity index (χ0v) is 22.0. The minimum absolute atomic E-state index is 0. The molecule has 2 fully saturated rings. The van der Waals surface area contributed by atoms with Crippen LogP contribution in [0.3, 0.4) is 0 Å². The maximum absolute atomic E-state index is 7.50. The van der Waals surface area contributed by atoms with E-state index >= 15 is 0 Å². The fourth-order valence-corrected chi connectivity index (χ4v) is 1.77. The number of hydrogen-bond acceptors (Lipinski definition) is 0. The maximum Gasteiger partial charge on any atom is 2.00 e. The smallest absolute Gasteiger partial charge is 0.346 e. The first kappa shape index (κ1) is 46.6. The molecule has 0 heterocycles. The van der Waals surface area contributed by atoms with Crippen molar-refractivity contribution >= 4 is 15.2 Å². The quantitative estimate of drug-likeness (QED) is 0.238. The molecule has 0 atom stereocenters. The van der Waals surface area contributed by atoms with Gasteiger partial charge in [0.05, 0.1) is 0 Å². The van der Waals surface area contributed by atoms with Crippen molar-refractivity contribution in [1.29, 1.82) is 0 Å². The Labute approximate surface area is 197 Å². The van der Waals surface area contributed by atoms with Crippen molar-refractivity contribution in [2.45, 2.75) is 90.4 Å². The second-order valence-corrected chi connectivity index (χ2v) is 23.0. The molecule has 0 spiro atoms. The van der Waals surface area contributed by atoms with Gasteiger partial charge in [-0.05, 0) is 0 Å². The van der Waals surface area contributed by atoms with Crippen LogP contribution < -0.4 is 0 Å². The molecule has 0 unspecified atom stereocenters. The first-order valence-electron chi connectivity index (χ1n) is 8.77. The summed E-state index contributed by atoms with van der Waals surface area (Å²) in [6.07, 6.45) is 15.0. The Kier molecular flexibility index (Phi) is 63.4. The molecule has 0 aromatic rings. The molecule has 0 saturated heterocycles. The normalized spacial score (nSPS) is 12.9. The zero-order valence-electron chi connectivity index (χ0n) is 17.8. The molecule has 0 radical (unpaired) electrons. The average Bonchev–Trinajstić information content (AvgIpc) is 3.39.